The molecule has 0 N–H and O–H groups in total. The van der Waals surface area contributed by atoms with Crippen molar-refractivity contribution < 1.29 is 13.3 Å². The molecule has 0 atom stereocenters. The summed E-state index contributed by atoms with van der Waals surface area (Å²) in [6.07, 6.45) is 0. The van der Waals surface area contributed by atoms with Gasteiger partial charge in [-0.15, -0.1) is 0 Å². The second-order valence-electron chi connectivity index (χ2n) is 6.12. The number of aryl methyl sites for hydroxylation is 1. The molecule has 2 aromatic carbocycles. The van der Waals surface area contributed by atoms with E-state index in [1.807, 2.05) is 12.1 Å². The summed E-state index contributed by atoms with van der Waals surface area (Å²) in [7, 11) is -3.88. The molecule has 0 aliphatic rings. The molecule has 25 heavy (non-hydrogen) atoms. The molecule has 0 saturated carbocycles. The standard InChI is InChI=1S/C18H22N2O4S/c1-5-19(16-9-7-15(8-10-16)13(2)3)25(23,24)17-11-6-14(4)18(12-17)20(21)22/h6-13H,5H2,1-4H3. The molecule has 0 aliphatic carbocycles. The molecule has 0 heterocycles. The van der Waals surface area contributed by atoms with E-state index in [2.05, 4.69) is 13.8 Å². The first-order chi connectivity index (χ1) is 11.7. The molecule has 0 unspecified atom stereocenters. The lowest BCUT2D eigenvalue weighted by Gasteiger charge is -2.23. The van der Waals surface area contributed by atoms with Gasteiger partial charge in [-0.3, -0.25) is 14.4 Å². The summed E-state index contributed by atoms with van der Waals surface area (Å²) in [5.41, 5.74) is 1.87. The van der Waals surface area contributed by atoms with Gasteiger partial charge in [0.1, 0.15) is 0 Å². The third kappa shape index (κ3) is 3.82. The molecule has 0 radical (unpaired) electrons. The number of nitrogens with zero attached hydrogens (tertiary/aromatic N) is 2. The Bertz CT molecular complexity index is 874. The molecule has 7 heteroatoms. The summed E-state index contributed by atoms with van der Waals surface area (Å²) in [6, 6.07) is 11.3. The summed E-state index contributed by atoms with van der Waals surface area (Å²) in [5.74, 6) is 0.348. The molecule has 6 nitrogen and oxygen atoms in total. The van der Waals surface area contributed by atoms with E-state index in [4.69, 9.17) is 0 Å². The normalized spacial score (nSPS) is 11.6. The van der Waals surface area contributed by atoms with Crippen molar-refractivity contribution in [1.82, 2.24) is 0 Å². The first kappa shape index (κ1) is 18.9. The molecular weight excluding hydrogens is 340 g/mol. The minimum absolute atomic E-state index is 0.0837. The van der Waals surface area contributed by atoms with Crippen molar-refractivity contribution in [1.29, 1.82) is 0 Å². The summed E-state index contributed by atoms with van der Waals surface area (Å²) >= 11 is 0. The molecular formula is C18H22N2O4S. The zero-order valence-corrected chi connectivity index (χ0v) is 15.6. The average Bonchev–Trinajstić information content (AvgIpc) is 2.55. The third-order valence-corrected chi connectivity index (χ3v) is 6.00. The molecule has 0 fully saturated rings. The van der Waals surface area contributed by atoms with Crippen molar-refractivity contribution in [2.75, 3.05) is 10.8 Å². The van der Waals surface area contributed by atoms with Gasteiger partial charge in [-0.25, -0.2) is 8.42 Å². The Morgan fingerprint density at radius 3 is 2.20 bits per heavy atom. The number of hydrogen-bond acceptors (Lipinski definition) is 4. The van der Waals surface area contributed by atoms with E-state index < -0.39 is 14.9 Å². The Hall–Kier alpha value is -2.41. The van der Waals surface area contributed by atoms with Crippen LogP contribution < -0.4 is 4.31 Å². The Balaban J connectivity index is 2.48. The van der Waals surface area contributed by atoms with Gasteiger partial charge in [-0.1, -0.05) is 32.0 Å². The first-order valence-electron chi connectivity index (χ1n) is 8.06. The zero-order chi connectivity index (χ0) is 18.8. The van der Waals surface area contributed by atoms with Gasteiger partial charge in [-0.05, 0) is 43.5 Å². The van der Waals surface area contributed by atoms with Crippen LogP contribution in [0.2, 0.25) is 0 Å². The van der Waals surface area contributed by atoms with Gasteiger partial charge in [0.25, 0.3) is 15.7 Å². The molecule has 0 aliphatic heterocycles. The van der Waals surface area contributed by atoms with Crippen LogP contribution in [0, 0.1) is 17.0 Å². The van der Waals surface area contributed by atoms with E-state index in [1.165, 1.54) is 16.4 Å². The van der Waals surface area contributed by atoms with Gasteiger partial charge in [0.2, 0.25) is 0 Å². The van der Waals surface area contributed by atoms with Crippen LogP contribution >= 0.6 is 0 Å². The minimum Gasteiger partial charge on any atom is -0.267 e. The van der Waals surface area contributed by atoms with E-state index in [-0.39, 0.29) is 17.1 Å². The molecule has 0 aromatic heterocycles. The highest BCUT2D eigenvalue weighted by molar-refractivity contribution is 7.92. The van der Waals surface area contributed by atoms with E-state index in [9.17, 15) is 18.5 Å². The molecule has 0 spiro atoms. The first-order valence-corrected chi connectivity index (χ1v) is 9.50. The number of benzene rings is 2. The van der Waals surface area contributed by atoms with E-state index in [0.717, 1.165) is 11.6 Å². The molecule has 2 aromatic rings. The Morgan fingerprint density at radius 1 is 1.12 bits per heavy atom. The second kappa shape index (κ2) is 7.23. The van der Waals surface area contributed by atoms with Crippen LogP contribution in [0.4, 0.5) is 11.4 Å². The maximum absolute atomic E-state index is 13.0. The van der Waals surface area contributed by atoms with Gasteiger partial charge in [0, 0.05) is 18.2 Å². The average molecular weight is 362 g/mol. The van der Waals surface area contributed by atoms with Crippen LogP contribution in [0.3, 0.4) is 0 Å². The van der Waals surface area contributed by atoms with Gasteiger partial charge in [0.05, 0.1) is 15.5 Å². The fraction of sp³-hybridized carbons (Fsp3) is 0.333. The fourth-order valence-electron chi connectivity index (χ4n) is 2.59. The maximum Gasteiger partial charge on any atom is 0.273 e. The van der Waals surface area contributed by atoms with Gasteiger partial charge in [-0.2, -0.15) is 0 Å². The Kier molecular flexibility index (Phi) is 5.47. The van der Waals surface area contributed by atoms with Crippen LogP contribution in [0.1, 0.15) is 37.8 Å². The summed E-state index contributed by atoms with van der Waals surface area (Å²) in [4.78, 5) is 10.5. The molecule has 0 amide bonds. The summed E-state index contributed by atoms with van der Waals surface area (Å²) in [6.45, 7) is 7.67. The number of sulfonamides is 1. The van der Waals surface area contributed by atoms with Crippen LogP contribution in [-0.4, -0.2) is 19.9 Å². The number of nitro benzene ring substituents is 1. The third-order valence-electron chi connectivity index (χ3n) is 4.10. The van der Waals surface area contributed by atoms with Crippen molar-refractivity contribution >= 4 is 21.4 Å². The zero-order valence-electron chi connectivity index (χ0n) is 14.8. The topological polar surface area (TPSA) is 80.5 Å². The highest BCUT2D eigenvalue weighted by Gasteiger charge is 2.26. The van der Waals surface area contributed by atoms with E-state index in [0.29, 0.717) is 17.2 Å². The smallest absolute Gasteiger partial charge is 0.267 e. The minimum atomic E-state index is -3.88. The molecule has 2 rings (SSSR count). The van der Waals surface area contributed by atoms with Crippen molar-refractivity contribution in [3.63, 3.8) is 0 Å². The molecule has 0 bridgehead atoms. The Morgan fingerprint density at radius 2 is 1.72 bits per heavy atom. The van der Waals surface area contributed by atoms with Gasteiger partial charge < -0.3 is 0 Å². The Labute approximate surface area is 148 Å². The van der Waals surface area contributed by atoms with Crippen molar-refractivity contribution in [3.05, 3.63) is 63.7 Å². The SMILES string of the molecule is CCN(c1ccc(C(C)C)cc1)S(=O)(=O)c1ccc(C)c([N+](=O)[O-])c1. The lowest BCUT2D eigenvalue weighted by atomic mass is 10.0. The highest BCUT2D eigenvalue weighted by Crippen LogP contribution is 2.28. The number of anilines is 1. The van der Waals surface area contributed by atoms with Crippen molar-refractivity contribution in [2.45, 2.75) is 38.5 Å². The second-order valence-corrected chi connectivity index (χ2v) is 7.98. The van der Waals surface area contributed by atoms with E-state index in [1.54, 1.807) is 26.0 Å². The maximum atomic E-state index is 13.0. The summed E-state index contributed by atoms with van der Waals surface area (Å²) < 4.78 is 27.2. The fourth-order valence-corrected chi connectivity index (χ4v) is 4.08. The van der Waals surface area contributed by atoms with Crippen LogP contribution in [0.5, 0.6) is 0 Å². The quantitative estimate of drug-likeness (QED) is 0.568. The van der Waals surface area contributed by atoms with Crippen molar-refractivity contribution in [2.24, 2.45) is 0 Å². The monoisotopic (exact) mass is 362 g/mol. The predicted molar refractivity (Wildman–Crippen MR) is 98.6 cm³/mol. The van der Waals surface area contributed by atoms with Crippen LogP contribution in [0.25, 0.3) is 0 Å². The largest absolute Gasteiger partial charge is 0.273 e. The van der Waals surface area contributed by atoms with Crippen molar-refractivity contribution in [3.8, 4) is 0 Å². The van der Waals surface area contributed by atoms with E-state index >= 15 is 0 Å². The molecule has 0 saturated heterocycles. The predicted octanol–water partition coefficient (Wildman–Crippen LogP) is 4.24. The summed E-state index contributed by atoms with van der Waals surface area (Å²) in [5, 5.41) is 11.1. The lowest BCUT2D eigenvalue weighted by Crippen LogP contribution is -2.30. The lowest BCUT2D eigenvalue weighted by molar-refractivity contribution is -0.385. The van der Waals surface area contributed by atoms with Gasteiger partial charge in [0.15, 0.2) is 0 Å². The number of hydrogen-bond donors (Lipinski definition) is 0. The van der Waals surface area contributed by atoms with Gasteiger partial charge >= 0.3 is 0 Å². The number of nitro groups is 1. The van der Waals surface area contributed by atoms with Crippen LogP contribution in [-0.2, 0) is 10.0 Å². The molecule has 134 valence electrons. The highest BCUT2D eigenvalue weighted by atomic mass is 32.2. The number of rotatable bonds is 6. The van der Waals surface area contributed by atoms with Crippen LogP contribution in [0.15, 0.2) is 47.4 Å².